The fourth-order valence-electron chi connectivity index (χ4n) is 1.05. The van der Waals surface area contributed by atoms with Crippen LogP contribution in [0.1, 0.15) is 0 Å². The minimum atomic E-state index is -6.00. The normalized spacial score (nSPS) is 10.2. The van der Waals surface area contributed by atoms with Crippen LogP contribution < -0.4 is 10.3 Å². The summed E-state index contributed by atoms with van der Waals surface area (Å²) in [6.45, 7) is 0. The predicted molar refractivity (Wildman–Crippen MR) is 60.7 cm³/mol. The largest absolute Gasteiger partial charge is 0.673 e. The second-order valence-electron chi connectivity index (χ2n) is 3.11. The smallest absolute Gasteiger partial charge is 0.418 e. The van der Waals surface area contributed by atoms with Crippen molar-refractivity contribution in [2.75, 3.05) is 5.32 Å². The number of H-pyrrole nitrogens is 1. The van der Waals surface area contributed by atoms with Crippen molar-refractivity contribution >= 4 is 18.9 Å². The standard InChI is InChI=1S/C10H9N3.BF4/c1-3-7-11-9(5-1)13-10-6-2-4-8-12-10;2-1(3,4)5/h1-8H,(H,11,12,13);/q;-1/p+1. The fourth-order valence-corrected chi connectivity index (χ4v) is 1.05. The monoisotopic (exact) mass is 259 g/mol. The topological polar surface area (TPSA) is 39.1 Å². The van der Waals surface area contributed by atoms with Gasteiger partial charge in [-0.15, -0.1) is 0 Å². The molecule has 0 unspecified atom stereocenters. The Morgan fingerprint density at radius 3 is 2.17 bits per heavy atom. The van der Waals surface area contributed by atoms with Crippen molar-refractivity contribution in [1.82, 2.24) is 4.98 Å². The van der Waals surface area contributed by atoms with Crippen LogP contribution in [0.15, 0.2) is 48.8 Å². The lowest BCUT2D eigenvalue weighted by Gasteiger charge is -1.94. The summed E-state index contributed by atoms with van der Waals surface area (Å²) in [7, 11) is -6.00. The number of aromatic amines is 1. The van der Waals surface area contributed by atoms with E-state index in [0.717, 1.165) is 11.6 Å². The first-order valence-electron chi connectivity index (χ1n) is 4.97. The van der Waals surface area contributed by atoms with Gasteiger partial charge in [0.2, 0.25) is 5.82 Å². The maximum Gasteiger partial charge on any atom is 0.673 e. The van der Waals surface area contributed by atoms with E-state index in [1.807, 2.05) is 42.6 Å². The van der Waals surface area contributed by atoms with Gasteiger partial charge in [-0.25, -0.2) is 15.3 Å². The second kappa shape index (κ2) is 6.58. The van der Waals surface area contributed by atoms with E-state index in [-0.39, 0.29) is 0 Å². The molecule has 2 aromatic heterocycles. The molecule has 2 N–H and O–H groups in total. The number of hydrogen-bond acceptors (Lipinski definition) is 2. The molecule has 0 aliphatic carbocycles. The Labute approximate surface area is 101 Å². The first-order valence-corrected chi connectivity index (χ1v) is 4.97. The molecule has 0 fully saturated rings. The molecule has 0 atom stereocenters. The summed E-state index contributed by atoms with van der Waals surface area (Å²) in [4.78, 5) is 7.21. The second-order valence-corrected chi connectivity index (χ2v) is 3.11. The average Bonchev–Trinajstić information content (AvgIpc) is 2.29. The van der Waals surface area contributed by atoms with E-state index in [1.54, 1.807) is 6.20 Å². The van der Waals surface area contributed by atoms with Crippen molar-refractivity contribution in [2.24, 2.45) is 0 Å². The molecule has 0 saturated heterocycles. The van der Waals surface area contributed by atoms with Gasteiger partial charge >= 0.3 is 7.25 Å². The van der Waals surface area contributed by atoms with Gasteiger partial charge in [-0.2, -0.15) is 0 Å². The third-order valence-corrected chi connectivity index (χ3v) is 1.64. The molecule has 96 valence electrons. The van der Waals surface area contributed by atoms with Crippen LogP contribution in [-0.2, 0) is 0 Å². The Balaban J connectivity index is 0.000000280. The van der Waals surface area contributed by atoms with Gasteiger partial charge in [0.1, 0.15) is 0 Å². The molecule has 0 aromatic carbocycles. The van der Waals surface area contributed by atoms with Gasteiger partial charge in [-0.1, -0.05) is 12.1 Å². The molecular formula is C10H10BF4N3. The maximum atomic E-state index is 9.75. The molecule has 2 aromatic rings. The summed E-state index contributed by atoms with van der Waals surface area (Å²) in [5.41, 5.74) is 0. The third kappa shape index (κ3) is 7.21. The quantitative estimate of drug-likeness (QED) is 0.665. The zero-order valence-corrected chi connectivity index (χ0v) is 9.16. The highest BCUT2D eigenvalue weighted by Crippen LogP contribution is 2.07. The lowest BCUT2D eigenvalue weighted by molar-refractivity contribution is -0.360. The fraction of sp³-hybridized carbons (Fsp3) is 0. The average molecular weight is 259 g/mol. The Bertz CT molecular complexity index is 406. The predicted octanol–water partition coefficient (Wildman–Crippen LogP) is 2.94. The molecule has 0 saturated carbocycles. The van der Waals surface area contributed by atoms with Crippen molar-refractivity contribution in [3.8, 4) is 0 Å². The third-order valence-electron chi connectivity index (χ3n) is 1.64. The van der Waals surface area contributed by atoms with Gasteiger partial charge in [0.25, 0.3) is 5.82 Å². The molecule has 0 aliphatic rings. The van der Waals surface area contributed by atoms with Crippen LogP contribution in [0.3, 0.4) is 0 Å². The van der Waals surface area contributed by atoms with E-state index in [2.05, 4.69) is 15.3 Å². The molecule has 3 nitrogen and oxygen atoms in total. The van der Waals surface area contributed by atoms with E-state index < -0.39 is 7.25 Å². The Kier molecular flexibility index (Phi) is 5.10. The zero-order chi connectivity index (χ0) is 13.4. The molecular weight excluding hydrogens is 249 g/mol. The summed E-state index contributed by atoms with van der Waals surface area (Å²) in [6, 6.07) is 11.6. The Morgan fingerprint density at radius 1 is 1.00 bits per heavy atom. The zero-order valence-electron chi connectivity index (χ0n) is 9.16. The van der Waals surface area contributed by atoms with Gasteiger partial charge in [-0.3, -0.25) is 0 Å². The van der Waals surface area contributed by atoms with Crippen molar-refractivity contribution < 1.29 is 22.2 Å². The minimum Gasteiger partial charge on any atom is -0.418 e. The first kappa shape index (κ1) is 13.9. The van der Waals surface area contributed by atoms with Gasteiger partial charge in [0.15, 0.2) is 0 Å². The van der Waals surface area contributed by atoms with Crippen LogP contribution in [0.25, 0.3) is 0 Å². The molecule has 2 heterocycles. The van der Waals surface area contributed by atoms with Gasteiger partial charge < -0.3 is 17.3 Å². The summed E-state index contributed by atoms with van der Waals surface area (Å²) in [5, 5.41) is 3.14. The molecule has 2 rings (SSSR count). The van der Waals surface area contributed by atoms with Gasteiger partial charge in [-0.05, 0) is 12.1 Å². The Hall–Kier alpha value is -2.12. The molecule has 0 aliphatic heterocycles. The highest BCUT2D eigenvalue weighted by molar-refractivity contribution is 6.50. The van der Waals surface area contributed by atoms with E-state index in [1.165, 1.54) is 0 Å². The van der Waals surface area contributed by atoms with Crippen LogP contribution in [-0.4, -0.2) is 12.2 Å². The molecule has 0 bridgehead atoms. The van der Waals surface area contributed by atoms with Crippen LogP contribution in [0.5, 0.6) is 0 Å². The van der Waals surface area contributed by atoms with Crippen molar-refractivity contribution in [3.63, 3.8) is 0 Å². The highest BCUT2D eigenvalue weighted by atomic mass is 19.5. The van der Waals surface area contributed by atoms with E-state index >= 15 is 0 Å². The summed E-state index contributed by atoms with van der Waals surface area (Å²) < 4.78 is 39.0. The van der Waals surface area contributed by atoms with Gasteiger partial charge in [0, 0.05) is 18.3 Å². The number of anilines is 2. The SMILES string of the molecule is F[B-](F)(F)F.c1ccc(Nc2cccc[nH+]2)nc1. The Morgan fingerprint density at radius 2 is 1.67 bits per heavy atom. The number of halogens is 4. The first-order chi connectivity index (χ1) is 8.45. The van der Waals surface area contributed by atoms with Gasteiger partial charge in [0.05, 0.1) is 6.20 Å². The number of nitrogens with one attached hydrogen (secondary N) is 2. The van der Waals surface area contributed by atoms with Crippen LogP contribution in [0.4, 0.5) is 28.9 Å². The highest BCUT2D eigenvalue weighted by Gasteiger charge is 2.20. The van der Waals surface area contributed by atoms with Crippen molar-refractivity contribution in [3.05, 3.63) is 48.8 Å². The number of hydrogen-bond donors (Lipinski definition) is 1. The summed E-state index contributed by atoms with van der Waals surface area (Å²) in [5.74, 6) is 1.77. The van der Waals surface area contributed by atoms with Crippen LogP contribution in [0, 0.1) is 0 Å². The minimum absolute atomic E-state index is 0.838. The maximum absolute atomic E-state index is 9.75. The molecule has 0 radical (unpaired) electrons. The lowest BCUT2D eigenvalue weighted by atomic mass is 10.3. The number of aromatic nitrogens is 2. The summed E-state index contributed by atoms with van der Waals surface area (Å²) in [6.07, 6.45) is 3.62. The van der Waals surface area contributed by atoms with Crippen LogP contribution in [0.2, 0.25) is 0 Å². The molecule has 0 spiro atoms. The van der Waals surface area contributed by atoms with Crippen molar-refractivity contribution in [2.45, 2.75) is 0 Å². The van der Waals surface area contributed by atoms with E-state index in [9.17, 15) is 17.3 Å². The van der Waals surface area contributed by atoms with E-state index in [0.29, 0.717) is 0 Å². The number of rotatable bonds is 2. The molecule has 8 heteroatoms. The number of nitrogens with zero attached hydrogens (tertiary/aromatic N) is 1. The van der Waals surface area contributed by atoms with Crippen molar-refractivity contribution in [1.29, 1.82) is 0 Å². The van der Waals surface area contributed by atoms with E-state index in [4.69, 9.17) is 0 Å². The lowest BCUT2D eigenvalue weighted by Crippen LogP contribution is -2.08. The summed E-state index contributed by atoms with van der Waals surface area (Å²) >= 11 is 0. The molecule has 0 amide bonds. The number of pyridine rings is 2. The van der Waals surface area contributed by atoms with Crippen LogP contribution >= 0.6 is 0 Å². The molecule has 18 heavy (non-hydrogen) atoms.